The summed E-state index contributed by atoms with van der Waals surface area (Å²) in [6.45, 7) is 0. The van der Waals surface area contributed by atoms with Crippen LogP contribution >= 0.6 is 0 Å². The summed E-state index contributed by atoms with van der Waals surface area (Å²) in [7, 11) is 0. The number of halogens is 3. The van der Waals surface area contributed by atoms with Crippen molar-refractivity contribution < 1.29 is 13.2 Å². The Kier molecular flexibility index (Phi) is 1.83. The SMILES string of the molecule is N#CCC1(C(F)(F)F)CCC1. The van der Waals surface area contributed by atoms with E-state index in [0.717, 1.165) is 0 Å². The predicted molar refractivity (Wildman–Crippen MR) is 32.6 cm³/mol. The Bertz CT molecular complexity index is 185. The quantitative estimate of drug-likeness (QED) is 0.582. The smallest absolute Gasteiger partial charge is 0.198 e. The zero-order chi connectivity index (χ0) is 8.54. The third kappa shape index (κ3) is 1.20. The first-order valence-electron chi connectivity index (χ1n) is 3.45. The molecule has 1 saturated carbocycles. The molecule has 1 aliphatic rings. The third-order valence-corrected chi connectivity index (χ3v) is 2.33. The van der Waals surface area contributed by atoms with Crippen LogP contribution in [0, 0.1) is 16.7 Å². The summed E-state index contributed by atoms with van der Waals surface area (Å²) in [6, 6.07) is 1.60. The Balaban J connectivity index is 2.69. The highest BCUT2D eigenvalue weighted by molar-refractivity contribution is 4.99. The topological polar surface area (TPSA) is 23.8 Å². The highest BCUT2D eigenvalue weighted by Gasteiger charge is 2.57. The van der Waals surface area contributed by atoms with Crippen molar-refractivity contribution in [3.8, 4) is 6.07 Å². The lowest BCUT2D eigenvalue weighted by Crippen LogP contribution is -2.43. The van der Waals surface area contributed by atoms with E-state index in [1.807, 2.05) is 0 Å². The van der Waals surface area contributed by atoms with E-state index in [-0.39, 0.29) is 19.3 Å². The van der Waals surface area contributed by atoms with Crippen LogP contribution in [0.5, 0.6) is 0 Å². The highest BCUT2D eigenvalue weighted by Crippen LogP contribution is 2.54. The van der Waals surface area contributed by atoms with Crippen LogP contribution in [-0.2, 0) is 0 Å². The van der Waals surface area contributed by atoms with Gasteiger partial charge in [-0.2, -0.15) is 18.4 Å². The van der Waals surface area contributed by atoms with E-state index in [1.165, 1.54) is 0 Å². The molecule has 0 amide bonds. The fraction of sp³-hybridized carbons (Fsp3) is 0.857. The second-order valence-electron chi connectivity index (χ2n) is 2.97. The molecule has 0 unspecified atom stereocenters. The molecule has 0 saturated heterocycles. The zero-order valence-electron chi connectivity index (χ0n) is 5.91. The molecule has 1 aliphatic carbocycles. The molecule has 0 aromatic heterocycles. The summed E-state index contributed by atoms with van der Waals surface area (Å²) in [5, 5.41) is 8.18. The van der Waals surface area contributed by atoms with Crippen molar-refractivity contribution in [1.29, 1.82) is 5.26 Å². The van der Waals surface area contributed by atoms with E-state index in [9.17, 15) is 13.2 Å². The van der Waals surface area contributed by atoms with Gasteiger partial charge in [-0.1, -0.05) is 6.42 Å². The normalized spacial score (nSPS) is 22.0. The van der Waals surface area contributed by atoms with Crippen LogP contribution in [0.4, 0.5) is 13.2 Å². The van der Waals surface area contributed by atoms with Crippen molar-refractivity contribution >= 4 is 0 Å². The second-order valence-corrected chi connectivity index (χ2v) is 2.97. The van der Waals surface area contributed by atoms with Gasteiger partial charge in [0.25, 0.3) is 0 Å². The molecule has 0 heterocycles. The number of nitriles is 1. The lowest BCUT2D eigenvalue weighted by Gasteiger charge is -2.41. The van der Waals surface area contributed by atoms with Gasteiger partial charge in [0.05, 0.1) is 11.5 Å². The average molecular weight is 163 g/mol. The summed E-state index contributed by atoms with van der Waals surface area (Å²) in [6.07, 6.45) is -3.70. The van der Waals surface area contributed by atoms with Gasteiger partial charge < -0.3 is 0 Å². The molecule has 4 heteroatoms. The molecule has 0 aromatic carbocycles. The summed E-state index contributed by atoms with van der Waals surface area (Å²) in [5.41, 5.74) is -1.65. The molecule has 0 aromatic rings. The minimum Gasteiger partial charge on any atom is -0.198 e. The number of nitrogens with zero attached hydrogens (tertiary/aromatic N) is 1. The molecule has 1 fully saturated rings. The largest absolute Gasteiger partial charge is 0.395 e. The summed E-state index contributed by atoms with van der Waals surface area (Å²) < 4.78 is 36.6. The molecule has 62 valence electrons. The van der Waals surface area contributed by atoms with Crippen LogP contribution in [0.2, 0.25) is 0 Å². The maximum absolute atomic E-state index is 12.2. The first kappa shape index (κ1) is 8.38. The van der Waals surface area contributed by atoms with Gasteiger partial charge >= 0.3 is 6.18 Å². The van der Waals surface area contributed by atoms with Gasteiger partial charge in [0.1, 0.15) is 0 Å². The maximum atomic E-state index is 12.2. The van der Waals surface area contributed by atoms with Gasteiger partial charge in [0, 0.05) is 6.42 Å². The Morgan fingerprint density at radius 2 is 1.91 bits per heavy atom. The lowest BCUT2D eigenvalue weighted by molar-refractivity contribution is -0.248. The van der Waals surface area contributed by atoms with Crippen LogP contribution in [0.15, 0.2) is 0 Å². The first-order valence-corrected chi connectivity index (χ1v) is 3.45. The van der Waals surface area contributed by atoms with Crippen molar-refractivity contribution in [3.05, 3.63) is 0 Å². The Labute approximate surface area is 62.8 Å². The molecule has 0 atom stereocenters. The van der Waals surface area contributed by atoms with E-state index in [4.69, 9.17) is 5.26 Å². The van der Waals surface area contributed by atoms with Gasteiger partial charge in [-0.05, 0) is 12.8 Å². The molecule has 11 heavy (non-hydrogen) atoms. The van der Waals surface area contributed by atoms with E-state index in [1.54, 1.807) is 6.07 Å². The molecule has 1 nitrogen and oxygen atoms in total. The van der Waals surface area contributed by atoms with Gasteiger partial charge in [-0.3, -0.25) is 0 Å². The van der Waals surface area contributed by atoms with E-state index >= 15 is 0 Å². The zero-order valence-corrected chi connectivity index (χ0v) is 5.91. The van der Waals surface area contributed by atoms with Crippen LogP contribution in [-0.4, -0.2) is 6.18 Å². The fourth-order valence-corrected chi connectivity index (χ4v) is 1.32. The summed E-state index contributed by atoms with van der Waals surface area (Å²) in [4.78, 5) is 0. The van der Waals surface area contributed by atoms with E-state index in [0.29, 0.717) is 6.42 Å². The number of hydrogen-bond donors (Lipinski definition) is 0. The predicted octanol–water partition coefficient (Wildman–Crippen LogP) is 2.63. The van der Waals surface area contributed by atoms with Crippen LogP contribution in [0.1, 0.15) is 25.7 Å². The summed E-state index contributed by atoms with van der Waals surface area (Å²) >= 11 is 0. The lowest BCUT2D eigenvalue weighted by atomic mass is 9.66. The van der Waals surface area contributed by atoms with Crippen molar-refractivity contribution in [3.63, 3.8) is 0 Å². The van der Waals surface area contributed by atoms with Gasteiger partial charge in [-0.15, -0.1) is 0 Å². The van der Waals surface area contributed by atoms with E-state index in [2.05, 4.69) is 0 Å². The first-order chi connectivity index (χ1) is 5.02. The highest BCUT2D eigenvalue weighted by atomic mass is 19.4. The van der Waals surface area contributed by atoms with Crippen molar-refractivity contribution in [2.24, 2.45) is 5.41 Å². The number of rotatable bonds is 1. The third-order valence-electron chi connectivity index (χ3n) is 2.33. The van der Waals surface area contributed by atoms with Crippen molar-refractivity contribution in [2.45, 2.75) is 31.9 Å². The van der Waals surface area contributed by atoms with Crippen LogP contribution in [0.3, 0.4) is 0 Å². The Morgan fingerprint density at radius 3 is 2.00 bits per heavy atom. The number of hydrogen-bond acceptors (Lipinski definition) is 1. The van der Waals surface area contributed by atoms with E-state index < -0.39 is 11.6 Å². The molecule has 0 spiro atoms. The van der Waals surface area contributed by atoms with Crippen LogP contribution in [0.25, 0.3) is 0 Å². The van der Waals surface area contributed by atoms with Gasteiger partial charge in [0.15, 0.2) is 0 Å². The van der Waals surface area contributed by atoms with Gasteiger partial charge in [-0.25, -0.2) is 0 Å². The fourth-order valence-electron chi connectivity index (χ4n) is 1.32. The second kappa shape index (κ2) is 2.40. The molecule has 0 bridgehead atoms. The Morgan fingerprint density at radius 1 is 1.36 bits per heavy atom. The minimum absolute atomic E-state index is 0.129. The molecular formula is C7H8F3N. The summed E-state index contributed by atoms with van der Waals surface area (Å²) in [5.74, 6) is 0. The van der Waals surface area contributed by atoms with Crippen LogP contribution < -0.4 is 0 Å². The molecular weight excluding hydrogens is 155 g/mol. The molecule has 1 rings (SSSR count). The average Bonchev–Trinajstić information content (AvgIpc) is 1.75. The maximum Gasteiger partial charge on any atom is 0.395 e. The molecule has 0 radical (unpaired) electrons. The monoisotopic (exact) mass is 163 g/mol. The molecule has 0 aliphatic heterocycles. The Hall–Kier alpha value is -0.720. The number of alkyl halides is 3. The van der Waals surface area contributed by atoms with Crippen molar-refractivity contribution in [2.75, 3.05) is 0 Å². The molecule has 0 N–H and O–H groups in total. The standard InChI is InChI=1S/C7H8F3N/c8-7(9,10)6(4-5-11)2-1-3-6/h1-4H2. The van der Waals surface area contributed by atoms with Crippen molar-refractivity contribution in [1.82, 2.24) is 0 Å². The van der Waals surface area contributed by atoms with Gasteiger partial charge in [0.2, 0.25) is 0 Å². The minimum atomic E-state index is -4.18.